The summed E-state index contributed by atoms with van der Waals surface area (Å²) in [5, 5.41) is 3.29. The maximum Gasteiger partial charge on any atom is 0.0549 e. The summed E-state index contributed by atoms with van der Waals surface area (Å²) in [6.07, 6.45) is 2.01. The summed E-state index contributed by atoms with van der Waals surface area (Å²) in [4.78, 5) is 4.14. The average molecular weight is 194 g/mol. The minimum absolute atomic E-state index is 0.0717. The lowest BCUT2D eigenvalue weighted by molar-refractivity contribution is 0.478. The first-order chi connectivity index (χ1) is 6.32. The van der Waals surface area contributed by atoms with E-state index in [1.807, 2.05) is 19.9 Å². The number of allylic oxidation sites excluding steroid dienone is 3. The fourth-order valence-electron chi connectivity index (χ4n) is 0.842. The van der Waals surface area contributed by atoms with Crippen LogP contribution in [0.15, 0.2) is 29.0 Å². The minimum Gasteiger partial charge on any atom is -0.358 e. The molecule has 0 amide bonds. The van der Waals surface area contributed by atoms with Crippen LogP contribution in [-0.2, 0) is 0 Å². The molecule has 14 heavy (non-hydrogen) atoms. The van der Waals surface area contributed by atoms with Crippen molar-refractivity contribution >= 4 is 5.71 Å². The van der Waals surface area contributed by atoms with E-state index in [2.05, 4.69) is 37.7 Å². The molecule has 0 radical (unpaired) electrons. The fourth-order valence-corrected chi connectivity index (χ4v) is 0.842. The van der Waals surface area contributed by atoms with Crippen molar-refractivity contribution in [1.82, 2.24) is 5.32 Å². The molecule has 0 unspecified atom stereocenters. The number of hydrogen-bond donors (Lipinski definition) is 1. The van der Waals surface area contributed by atoms with E-state index < -0.39 is 0 Å². The van der Waals surface area contributed by atoms with Gasteiger partial charge < -0.3 is 5.32 Å². The highest BCUT2D eigenvalue weighted by Crippen LogP contribution is 2.21. The lowest BCUT2D eigenvalue weighted by atomic mass is 9.92. The van der Waals surface area contributed by atoms with Crippen molar-refractivity contribution < 1.29 is 0 Å². The van der Waals surface area contributed by atoms with Crippen molar-refractivity contribution in [2.24, 2.45) is 10.4 Å². The van der Waals surface area contributed by atoms with Crippen molar-refractivity contribution in [3.05, 3.63) is 24.0 Å². The molecule has 0 aliphatic rings. The monoisotopic (exact) mass is 194 g/mol. The second-order valence-corrected chi connectivity index (χ2v) is 4.36. The number of nitrogens with one attached hydrogen (secondary N) is 1. The van der Waals surface area contributed by atoms with E-state index in [-0.39, 0.29) is 5.41 Å². The molecule has 0 spiro atoms. The standard InChI is InChI=1S/C12H22N2/c1-8-11(9(2)13-7)14-10(3)12(4,5)6/h8,14H,3H2,1-2,4-7H3/b11-8+,13-9-. The molecule has 0 atom stereocenters. The first-order valence-electron chi connectivity index (χ1n) is 4.89. The lowest BCUT2D eigenvalue weighted by Gasteiger charge is -2.24. The first kappa shape index (κ1) is 12.9. The summed E-state index contributed by atoms with van der Waals surface area (Å²) in [5.41, 5.74) is 3.11. The zero-order valence-corrected chi connectivity index (χ0v) is 10.2. The molecule has 0 aliphatic heterocycles. The van der Waals surface area contributed by atoms with Gasteiger partial charge >= 0.3 is 0 Å². The normalized spacial score (nSPS) is 14.1. The Morgan fingerprint density at radius 3 is 2.14 bits per heavy atom. The van der Waals surface area contributed by atoms with Crippen LogP contribution >= 0.6 is 0 Å². The molecule has 2 heteroatoms. The third-order valence-electron chi connectivity index (χ3n) is 2.20. The van der Waals surface area contributed by atoms with Gasteiger partial charge in [-0.15, -0.1) is 0 Å². The quantitative estimate of drug-likeness (QED) is 0.686. The van der Waals surface area contributed by atoms with E-state index in [0.29, 0.717) is 0 Å². The Labute approximate surface area is 87.8 Å². The van der Waals surface area contributed by atoms with Crippen LogP contribution in [0.1, 0.15) is 34.6 Å². The number of nitrogens with zero attached hydrogens (tertiary/aromatic N) is 1. The van der Waals surface area contributed by atoms with Crippen LogP contribution in [0.3, 0.4) is 0 Å². The van der Waals surface area contributed by atoms with Crippen LogP contribution in [0.4, 0.5) is 0 Å². The fraction of sp³-hybridized carbons (Fsp3) is 0.583. The molecule has 0 saturated heterocycles. The molecule has 0 saturated carbocycles. The Morgan fingerprint density at radius 2 is 1.86 bits per heavy atom. The zero-order valence-electron chi connectivity index (χ0n) is 10.2. The van der Waals surface area contributed by atoms with Crippen molar-refractivity contribution in [3.63, 3.8) is 0 Å². The molecule has 0 heterocycles. The Balaban J connectivity index is 4.60. The SMILES string of the molecule is C=C(NC(=C/C)/C(C)=N\C)C(C)(C)C. The predicted octanol–water partition coefficient (Wildman–Crippen LogP) is 3.13. The molecule has 0 aliphatic carbocycles. The largest absolute Gasteiger partial charge is 0.358 e. The summed E-state index contributed by atoms with van der Waals surface area (Å²) in [7, 11) is 1.79. The molecule has 0 aromatic heterocycles. The summed E-state index contributed by atoms with van der Waals surface area (Å²) >= 11 is 0. The van der Waals surface area contributed by atoms with Gasteiger partial charge in [0, 0.05) is 18.2 Å². The Kier molecular flexibility index (Phi) is 4.61. The molecule has 80 valence electrons. The van der Waals surface area contributed by atoms with Gasteiger partial charge in [0.05, 0.1) is 11.4 Å². The molecule has 1 N–H and O–H groups in total. The maximum atomic E-state index is 4.14. The predicted molar refractivity (Wildman–Crippen MR) is 64.5 cm³/mol. The third-order valence-corrected chi connectivity index (χ3v) is 2.20. The van der Waals surface area contributed by atoms with Gasteiger partial charge in [0.15, 0.2) is 0 Å². The van der Waals surface area contributed by atoms with Gasteiger partial charge in [0.25, 0.3) is 0 Å². The van der Waals surface area contributed by atoms with Crippen molar-refractivity contribution in [2.75, 3.05) is 7.05 Å². The molecule has 0 rings (SSSR count). The van der Waals surface area contributed by atoms with Crippen molar-refractivity contribution in [3.8, 4) is 0 Å². The molecule has 2 nitrogen and oxygen atoms in total. The van der Waals surface area contributed by atoms with Crippen LogP contribution in [0.5, 0.6) is 0 Å². The van der Waals surface area contributed by atoms with Crippen molar-refractivity contribution in [1.29, 1.82) is 0 Å². The molecule has 0 fully saturated rings. The molecular formula is C12H22N2. The highest BCUT2D eigenvalue weighted by molar-refractivity contribution is 5.97. The van der Waals surface area contributed by atoms with E-state index >= 15 is 0 Å². The van der Waals surface area contributed by atoms with Gasteiger partial charge in [0.1, 0.15) is 0 Å². The number of rotatable bonds is 3. The second-order valence-electron chi connectivity index (χ2n) is 4.36. The van der Waals surface area contributed by atoms with E-state index in [9.17, 15) is 0 Å². The topological polar surface area (TPSA) is 24.4 Å². The molecule has 0 aromatic carbocycles. The highest BCUT2D eigenvalue weighted by Gasteiger charge is 2.15. The Hall–Kier alpha value is -1.05. The van der Waals surface area contributed by atoms with Gasteiger partial charge in [0.2, 0.25) is 0 Å². The van der Waals surface area contributed by atoms with Crippen LogP contribution in [0.2, 0.25) is 0 Å². The Bertz CT molecular complexity index is 265. The van der Waals surface area contributed by atoms with E-state index in [0.717, 1.165) is 17.1 Å². The van der Waals surface area contributed by atoms with Crippen LogP contribution in [0, 0.1) is 5.41 Å². The average Bonchev–Trinajstić information content (AvgIpc) is 2.10. The van der Waals surface area contributed by atoms with Gasteiger partial charge in [-0.25, -0.2) is 0 Å². The van der Waals surface area contributed by atoms with Crippen molar-refractivity contribution in [2.45, 2.75) is 34.6 Å². The maximum absolute atomic E-state index is 4.14. The smallest absolute Gasteiger partial charge is 0.0549 e. The zero-order chi connectivity index (χ0) is 11.4. The molecule has 0 aromatic rings. The van der Waals surface area contributed by atoms with Crippen LogP contribution < -0.4 is 5.32 Å². The van der Waals surface area contributed by atoms with E-state index in [1.165, 1.54) is 0 Å². The Morgan fingerprint density at radius 1 is 1.36 bits per heavy atom. The second kappa shape index (κ2) is 4.99. The van der Waals surface area contributed by atoms with E-state index in [4.69, 9.17) is 0 Å². The summed E-state index contributed by atoms with van der Waals surface area (Å²) in [5.74, 6) is 0. The summed E-state index contributed by atoms with van der Waals surface area (Å²) in [6, 6.07) is 0. The minimum atomic E-state index is 0.0717. The van der Waals surface area contributed by atoms with Gasteiger partial charge in [-0.3, -0.25) is 4.99 Å². The third kappa shape index (κ3) is 3.77. The van der Waals surface area contributed by atoms with Crippen LogP contribution in [0.25, 0.3) is 0 Å². The first-order valence-corrected chi connectivity index (χ1v) is 4.89. The summed E-state index contributed by atoms with van der Waals surface area (Å²) in [6.45, 7) is 14.4. The van der Waals surface area contributed by atoms with Gasteiger partial charge in [-0.05, 0) is 13.8 Å². The highest BCUT2D eigenvalue weighted by atomic mass is 14.9. The number of aliphatic imine (C=N–C) groups is 1. The molecule has 0 bridgehead atoms. The van der Waals surface area contributed by atoms with Gasteiger partial charge in [-0.2, -0.15) is 0 Å². The van der Waals surface area contributed by atoms with Crippen LogP contribution in [-0.4, -0.2) is 12.8 Å². The number of hydrogen-bond acceptors (Lipinski definition) is 2. The molecular weight excluding hydrogens is 172 g/mol. The van der Waals surface area contributed by atoms with E-state index in [1.54, 1.807) is 7.05 Å². The van der Waals surface area contributed by atoms with Gasteiger partial charge in [-0.1, -0.05) is 33.4 Å². The summed E-state index contributed by atoms with van der Waals surface area (Å²) < 4.78 is 0. The lowest BCUT2D eigenvalue weighted by Crippen LogP contribution is -2.25.